The Morgan fingerprint density at radius 3 is 2.40 bits per heavy atom. The van der Waals surface area contributed by atoms with Crippen molar-refractivity contribution in [3.05, 3.63) is 74.7 Å². The summed E-state index contributed by atoms with van der Waals surface area (Å²) in [4.78, 5) is 25.9. The van der Waals surface area contributed by atoms with Gasteiger partial charge in [-0.15, -0.1) is 0 Å². The summed E-state index contributed by atoms with van der Waals surface area (Å²) < 4.78 is 5.65. The first kappa shape index (κ1) is 16.7. The van der Waals surface area contributed by atoms with Crippen molar-refractivity contribution in [2.45, 2.75) is 6.61 Å². The number of hydrogen-bond acceptors (Lipinski definition) is 6. The molecule has 0 atom stereocenters. The second-order valence-electron chi connectivity index (χ2n) is 5.15. The fraction of sp³-hybridized carbons (Fsp3) is 0.0588. The number of nitro benzene ring substituents is 1. The quantitative estimate of drug-likeness (QED) is 0.501. The summed E-state index contributed by atoms with van der Waals surface area (Å²) in [6, 6.07) is 13.4. The van der Waals surface area contributed by atoms with E-state index in [2.05, 4.69) is 4.99 Å². The van der Waals surface area contributed by atoms with E-state index in [-0.39, 0.29) is 16.8 Å². The number of aliphatic imine (C=N–C) groups is 1. The molecule has 3 rings (SSSR count). The van der Waals surface area contributed by atoms with Crippen molar-refractivity contribution < 1.29 is 14.5 Å². The molecule has 1 aliphatic rings. The molecule has 0 saturated carbocycles. The molecule has 0 unspecified atom stereocenters. The standard InChI is InChI=1S/C17H13N3O4S/c18-17-19-16(21)15(25-17)9-11-3-7-14(8-4-11)24-10-12-1-5-13(6-2-12)20(22)23/h1-9H,10H2,(H2,18,19,21)/b15-9+. The Morgan fingerprint density at radius 2 is 1.84 bits per heavy atom. The highest BCUT2D eigenvalue weighted by Gasteiger charge is 2.19. The highest BCUT2D eigenvalue weighted by Crippen LogP contribution is 2.27. The van der Waals surface area contributed by atoms with Gasteiger partial charge in [-0.05, 0) is 53.2 Å². The number of amidine groups is 1. The molecule has 1 aliphatic heterocycles. The number of nitrogens with two attached hydrogens (primary N) is 1. The normalized spacial score (nSPS) is 15.3. The molecule has 2 aromatic carbocycles. The van der Waals surface area contributed by atoms with Gasteiger partial charge in [0.25, 0.3) is 11.6 Å². The molecule has 8 heteroatoms. The van der Waals surface area contributed by atoms with E-state index in [1.165, 1.54) is 12.1 Å². The molecule has 1 amide bonds. The van der Waals surface area contributed by atoms with E-state index in [1.54, 1.807) is 30.3 Å². The molecule has 2 aromatic rings. The van der Waals surface area contributed by atoms with Crippen molar-refractivity contribution in [3.63, 3.8) is 0 Å². The van der Waals surface area contributed by atoms with Crippen LogP contribution in [0.3, 0.4) is 0 Å². The zero-order valence-corrected chi connectivity index (χ0v) is 13.7. The van der Waals surface area contributed by atoms with Gasteiger partial charge in [0.1, 0.15) is 12.4 Å². The fourth-order valence-electron chi connectivity index (χ4n) is 2.12. The molecule has 0 fully saturated rings. The van der Waals surface area contributed by atoms with E-state index >= 15 is 0 Å². The van der Waals surface area contributed by atoms with Gasteiger partial charge in [0.2, 0.25) is 0 Å². The summed E-state index contributed by atoms with van der Waals surface area (Å²) in [6.07, 6.45) is 1.72. The van der Waals surface area contributed by atoms with E-state index < -0.39 is 4.92 Å². The lowest BCUT2D eigenvalue weighted by Gasteiger charge is -2.06. The molecule has 2 N–H and O–H groups in total. The van der Waals surface area contributed by atoms with Crippen LogP contribution >= 0.6 is 11.8 Å². The minimum atomic E-state index is -0.441. The van der Waals surface area contributed by atoms with Crippen molar-refractivity contribution in [1.29, 1.82) is 0 Å². The zero-order chi connectivity index (χ0) is 17.8. The average Bonchev–Trinajstić information content (AvgIpc) is 2.92. The summed E-state index contributed by atoms with van der Waals surface area (Å²) >= 11 is 1.14. The highest BCUT2D eigenvalue weighted by atomic mass is 32.2. The van der Waals surface area contributed by atoms with Crippen LogP contribution in [0.25, 0.3) is 6.08 Å². The number of nitrogens with zero attached hydrogens (tertiary/aromatic N) is 2. The van der Waals surface area contributed by atoms with Crippen LogP contribution in [0, 0.1) is 10.1 Å². The van der Waals surface area contributed by atoms with E-state index in [4.69, 9.17) is 10.5 Å². The van der Waals surface area contributed by atoms with Gasteiger partial charge < -0.3 is 10.5 Å². The van der Waals surface area contributed by atoms with Crippen molar-refractivity contribution in [2.75, 3.05) is 0 Å². The van der Waals surface area contributed by atoms with Gasteiger partial charge in [-0.3, -0.25) is 14.9 Å². The number of rotatable bonds is 5. The van der Waals surface area contributed by atoms with Crippen LogP contribution in [-0.2, 0) is 11.4 Å². The van der Waals surface area contributed by atoms with Crippen molar-refractivity contribution >= 4 is 34.6 Å². The SMILES string of the molecule is NC1=NC(=O)/C(=C\c2ccc(OCc3ccc([N+](=O)[O-])cc3)cc2)S1. The molecule has 1 heterocycles. The molecule has 0 aromatic heterocycles. The Kier molecular flexibility index (Phi) is 4.80. The number of amides is 1. The van der Waals surface area contributed by atoms with Crippen molar-refractivity contribution in [1.82, 2.24) is 0 Å². The Labute approximate surface area is 147 Å². The summed E-state index contributed by atoms with van der Waals surface area (Å²) in [5.41, 5.74) is 7.22. The van der Waals surface area contributed by atoms with Crippen LogP contribution < -0.4 is 10.5 Å². The number of carbonyl (C=O) groups is 1. The third-order valence-corrected chi connectivity index (χ3v) is 4.18. The molecule has 126 valence electrons. The van der Waals surface area contributed by atoms with Gasteiger partial charge >= 0.3 is 0 Å². The monoisotopic (exact) mass is 355 g/mol. The van der Waals surface area contributed by atoms with Gasteiger partial charge in [0, 0.05) is 12.1 Å². The third-order valence-electron chi connectivity index (χ3n) is 3.37. The molecular weight excluding hydrogens is 342 g/mol. The van der Waals surface area contributed by atoms with Crippen molar-refractivity contribution in [3.8, 4) is 5.75 Å². The lowest BCUT2D eigenvalue weighted by Crippen LogP contribution is -2.01. The Bertz CT molecular complexity index is 874. The molecule has 25 heavy (non-hydrogen) atoms. The molecule has 0 spiro atoms. The Balaban J connectivity index is 1.60. The lowest BCUT2D eigenvalue weighted by molar-refractivity contribution is -0.384. The summed E-state index contributed by atoms with van der Waals surface area (Å²) in [7, 11) is 0. The molecule has 7 nitrogen and oxygen atoms in total. The maximum Gasteiger partial charge on any atom is 0.286 e. The van der Waals surface area contributed by atoms with Crippen LogP contribution in [0.15, 0.2) is 58.4 Å². The van der Waals surface area contributed by atoms with Gasteiger partial charge in [-0.1, -0.05) is 12.1 Å². The van der Waals surface area contributed by atoms with E-state index in [1.807, 2.05) is 12.1 Å². The predicted octanol–water partition coefficient (Wildman–Crippen LogP) is 3.10. The smallest absolute Gasteiger partial charge is 0.286 e. The minimum absolute atomic E-state index is 0.0464. The summed E-state index contributed by atoms with van der Waals surface area (Å²) in [6.45, 7) is 0.303. The van der Waals surface area contributed by atoms with Gasteiger partial charge in [0.05, 0.1) is 9.83 Å². The number of thioether (sulfide) groups is 1. The first-order valence-corrected chi connectivity index (χ1v) is 8.07. The van der Waals surface area contributed by atoms with E-state index in [9.17, 15) is 14.9 Å². The first-order chi connectivity index (χ1) is 12.0. The predicted molar refractivity (Wildman–Crippen MR) is 96.1 cm³/mol. The Hall–Kier alpha value is -3.13. The van der Waals surface area contributed by atoms with E-state index in [0.717, 1.165) is 22.9 Å². The van der Waals surface area contributed by atoms with Crippen molar-refractivity contribution in [2.24, 2.45) is 10.7 Å². The molecule has 0 bridgehead atoms. The van der Waals surface area contributed by atoms with Crippen LogP contribution in [-0.4, -0.2) is 16.0 Å². The number of carbonyl (C=O) groups excluding carboxylic acids is 1. The van der Waals surface area contributed by atoms with Crippen LogP contribution in [0.2, 0.25) is 0 Å². The number of nitro groups is 1. The first-order valence-electron chi connectivity index (χ1n) is 7.25. The van der Waals surface area contributed by atoms with Gasteiger partial charge in [0.15, 0.2) is 5.17 Å². The van der Waals surface area contributed by atoms with Crippen LogP contribution in [0.1, 0.15) is 11.1 Å². The zero-order valence-electron chi connectivity index (χ0n) is 12.9. The average molecular weight is 355 g/mol. The maximum absolute atomic E-state index is 11.6. The van der Waals surface area contributed by atoms with Gasteiger partial charge in [-0.2, -0.15) is 4.99 Å². The second-order valence-corrected chi connectivity index (χ2v) is 6.21. The lowest BCUT2D eigenvalue weighted by atomic mass is 10.2. The largest absolute Gasteiger partial charge is 0.489 e. The summed E-state index contributed by atoms with van der Waals surface area (Å²) in [5.74, 6) is 0.322. The number of non-ortho nitro benzene ring substituents is 1. The van der Waals surface area contributed by atoms with Crippen LogP contribution in [0.4, 0.5) is 5.69 Å². The van der Waals surface area contributed by atoms with Crippen LogP contribution in [0.5, 0.6) is 5.75 Å². The highest BCUT2D eigenvalue weighted by molar-refractivity contribution is 8.18. The molecule has 0 radical (unpaired) electrons. The molecule has 0 aliphatic carbocycles. The topological polar surface area (TPSA) is 108 Å². The van der Waals surface area contributed by atoms with Gasteiger partial charge in [-0.25, -0.2) is 0 Å². The number of ether oxygens (including phenoxy) is 1. The second kappa shape index (κ2) is 7.18. The minimum Gasteiger partial charge on any atom is -0.489 e. The summed E-state index contributed by atoms with van der Waals surface area (Å²) in [5, 5.41) is 10.9. The maximum atomic E-state index is 11.6. The molecule has 0 saturated heterocycles. The number of hydrogen-bond donors (Lipinski definition) is 1. The Morgan fingerprint density at radius 1 is 1.16 bits per heavy atom. The number of benzene rings is 2. The molecular formula is C17H13N3O4S. The van der Waals surface area contributed by atoms with E-state index in [0.29, 0.717) is 17.3 Å². The fourth-order valence-corrected chi connectivity index (χ4v) is 2.80. The third kappa shape index (κ3) is 4.24.